The molecule has 0 unspecified atom stereocenters. The number of carboxylic acids is 1. The van der Waals surface area contributed by atoms with Gasteiger partial charge in [0.05, 0.1) is 18.4 Å². The third-order valence-corrected chi connectivity index (χ3v) is 8.43. The minimum atomic E-state index is -0.742. The van der Waals surface area contributed by atoms with Crippen molar-refractivity contribution in [1.82, 2.24) is 14.5 Å². The second-order valence-corrected chi connectivity index (χ2v) is 12.1. The third kappa shape index (κ3) is 6.27. The van der Waals surface area contributed by atoms with Crippen molar-refractivity contribution in [2.45, 2.75) is 51.6 Å². The van der Waals surface area contributed by atoms with Crippen molar-refractivity contribution in [1.29, 1.82) is 0 Å². The number of hydrogen-bond acceptors (Lipinski definition) is 5. The summed E-state index contributed by atoms with van der Waals surface area (Å²) in [4.78, 5) is 33.9. The molecule has 2 aliphatic rings. The van der Waals surface area contributed by atoms with E-state index in [1.807, 2.05) is 28.8 Å². The lowest BCUT2D eigenvalue weighted by Gasteiger charge is -2.33. The molecule has 3 aromatic rings. The van der Waals surface area contributed by atoms with Gasteiger partial charge < -0.3 is 14.6 Å². The van der Waals surface area contributed by atoms with Crippen LogP contribution in [0.3, 0.4) is 0 Å². The number of para-hydroxylation sites is 1. The van der Waals surface area contributed by atoms with E-state index in [9.17, 15) is 23.5 Å². The Balaban J connectivity index is 1.34. The van der Waals surface area contributed by atoms with Gasteiger partial charge >= 0.3 is 5.97 Å². The van der Waals surface area contributed by atoms with Crippen LogP contribution in [0.4, 0.5) is 20.4 Å². The average molecular weight is 566 g/mol. The van der Waals surface area contributed by atoms with Crippen molar-refractivity contribution in [3.8, 4) is 0 Å². The van der Waals surface area contributed by atoms with Crippen LogP contribution in [0, 0.1) is 23.5 Å². The standard InChI is InChI=1S/C31H37F2N5O3/c1-31(2,3)38-18-24(23-9-8-22(32)16-26(23)33)25(19-38)28(39)35-30-34-12-15-37(30)17-21-6-4-5-7-27(21)36-13-10-20(11-14-36)29(40)41/h4-9,12,15-16,20,24-25H,10-11,13-14,17-19H2,1-3H3,(H,40,41)(H,34,35,39)/t24-,25+/m0/s1. The lowest BCUT2D eigenvalue weighted by molar-refractivity contribution is -0.142. The molecule has 2 atom stereocenters. The predicted octanol–water partition coefficient (Wildman–Crippen LogP) is 4.96. The molecule has 2 saturated heterocycles. The summed E-state index contributed by atoms with van der Waals surface area (Å²) in [6, 6.07) is 11.5. The first-order chi connectivity index (χ1) is 19.5. The van der Waals surface area contributed by atoms with Crippen molar-refractivity contribution < 1.29 is 23.5 Å². The molecule has 0 bridgehead atoms. The van der Waals surface area contributed by atoms with Crippen LogP contribution in [0.2, 0.25) is 0 Å². The Kier molecular flexibility index (Phi) is 8.13. The smallest absolute Gasteiger partial charge is 0.306 e. The Hall–Kier alpha value is -3.79. The molecule has 0 spiro atoms. The number of anilines is 2. The first kappa shape index (κ1) is 28.7. The molecule has 41 heavy (non-hydrogen) atoms. The normalized spacial score (nSPS) is 20.4. The quantitative estimate of drug-likeness (QED) is 0.421. The fourth-order valence-electron chi connectivity index (χ4n) is 6.00. The zero-order valence-corrected chi connectivity index (χ0v) is 23.7. The fourth-order valence-corrected chi connectivity index (χ4v) is 6.00. The fraction of sp³-hybridized carbons (Fsp3) is 0.452. The summed E-state index contributed by atoms with van der Waals surface area (Å²) >= 11 is 0. The van der Waals surface area contributed by atoms with Crippen LogP contribution in [0.25, 0.3) is 0 Å². The molecule has 0 saturated carbocycles. The van der Waals surface area contributed by atoms with Gasteiger partial charge in [0.15, 0.2) is 0 Å². The van der Waals surface area contributed by atoms with Crippen molar-refractivity contribution >= 4 is 23.5 Å². The van der Waals surface area contributed by atoms with Crippen LogP contribution >= 0.6 is 0 Å². The van der Waals surface area contributed by atoms with Gasteiger partial charge in [-0.2, -0.15) is 0 Å². The molecule has 0 radical (unpaired) electrons. The SMILES string of the molecule is CC(C)(C)N1C[C@@H](C(=O)Nc2nccn2Cc2ccccc2N2CCC(C(=O)O)CC2)[C@H](c2ccc(F)cc2F)C1. The lowest BCUT2D eigenvalue weighted by Crippen LogP contribution is -2.40. The zero-order valence-electron chi connectivity index (χ0n) is 23.7. The number of carbonyl (C=O) groups is 2. The molecule has 0 aliphatic carbocycles. The summed E-state index contributed by atoms with van der Waals surface area (Å²) in [7, 11) is 0. The van der Waals surface area contributed by atoms with E-state index >= 15 is 0 Å². The van der Waals surface area contributed by atoms with E-state index in [1.54, 1.807) is 12.4 Å². The number of benzene rings is 2. The molecule has 2 aromatic carbocycles. The van der Waals surface area contributed by atoms with Crippen molar-refractivity contribution in [2.24, 2.45) is 11.8 Å². The van der Waals surface area contributed by atoms with Crippen molar-refractivity contribution in [2.75, 3.05) is 36.4 Å². The van der Waals surface area contributed by atoms with E-state index in [1.165, 1.54) is 12.1 Å². The molecule has 2 N–H and O–H groups in total. The Labute approximate surface area is 239 Å². The second-order valence-electron chi connectivity index (χ2n) is 12.1. The van der Waals surface area contributed by atoms with Crippen LogP contribution in [-0.2, 0) is 16.1 Å². The number of nitrogens with one attached hydrogen (secondary N) is 1. The number of imidazole rings is 1. The summed E-state index contributed by atoms with van der Waals surface area (Å²) < 4.78 is 30.4. The predicted molar refractivity (Wildman–Crippen MR) is 153 cm³/mol. The van der Waals surface area contributed by atoms with Gasteiger partial charge in [0.2, 0.25) is 11.9 Å². The Morgan fingerprint density at radius 2 is 1.80 bits per heavy atom. The molecule has 10 heteroatoms. The lowest BCUT2D eigenvalue weighted by atomic mass is 9.88. The van der Waals surface area contributed by atoms with Gasteiger partial charge in [-0.3, -0.25) is 19.8 Å². The second kappa shape index (κ2) is 11.6. The van der Waals surface area contributed by atoms with E-state index in [2.05, 4.69) is 40.9 Å². The highest BCUT2D eigenvalue weighted by Gasteiger charge is 2.43. The molecule has 218 valence electrons. The third-order valence-electron chi connectivity index (χ3n) is 8.43. The number of carboxylic acid groups (broad SMARTS) is 1. The first-order valence-electron chi connectivity index (χ1n) is 14.1. The Morgan fingerprint density at radius 1 is 1.07 bits per heavy atom. The van der Waals surface area contributed by atoms with Gasteiger partial charge in [-0.15, -0.1) is 0 Å². The van der Waals surface area contributed by atoms with Crippen molar-refractivity contribution in [3.63, 3.8) is 0 Å². The van der Waals surface area contributed by atoms with Crippen LogP contribution < -0.4 is 10.2 Å². The molecule has 8 nitrogen and oxygen atoms in total. The molecule has 3 heterocycles. The first-order valence-corrected chi connectivity index (χ1v) is 14.1. The highest BCUT2D eigenvalue weighted by molar-refractivity contribution is 5.92. The van der Waals surface area contributed by atoms with Crippen LogP contribution in [-0.4, -0.2) is 63.2 Å². The van der Waals surface area contributed by atoms with E-state index in [-0.39, 0.29) is 17.4 Å². The number of amides is 1. The van der Waals surface area contributed by atoms with Gasteiger partial charge in [-0.1, -0.05) is 24.3 Å². The van der Waals surface area contributed by atoms with Crippen molar-refractivity contribution in [3.05, 3.63) is 77.6 Å². The maximum absolute atomic E-state index is 14.9. The number of aromatic nitrogens is 2. The van der Waals surface area contributed by atoms with E-state index < -0.39 is 29.4 Å². The molecular weight excluding hydrogens is 528 g/mol. The van der Waals surface area contributed by atoms with Gasteiger partial charge in [-0.25, -0.2) is 13.8 Å². The molecular formula is C31H37F2N5O3. The number of hydrogen-bond donors (Lipinski definition) is 2. The summed E-state index contributed by atoms with van der Waals surface area (Å²) in [6.45, 7) is 8.86. The summed E-state index contributed by atoms with van der Waals surface area (Å²) in [5.41, 5.74) is 2.17. The minimum Gasteiger partial charge on any atom is -0.481 e. The maximum Gasteiger partial charge on any atom is 0.306 e. The van der Waals surface area contributed by atoms with Gasteiger partial charge in [0.1, 0.15) is 11.6 Å². The van der Waals surface area contributed by atoms with E-state index in [0.29, 0.717) is 57.1 Å². The number of likely N-dealkylation sites (tertiary alicyclic amines) is 1. The zero-order chi connectivity index (χ0) is 29.3. The number of aliphatic carboxylic acids is 1. The maximum atomic E-state index is 14.9. The van der Waals surface area contributed by atoms with Crippen LogP contribution in [0.1, 0.15) is 50.7 Å². The number of nitrogens with zero attached hydrogens (tertiary/aromatic N) is 4. The summed E-state index contributed by atoms with van der Waals surface area (Å²) in [6.07, 6.45) is 4.62. The van der Waals surface area contributed by atoms with Gasteiger partial charge in [0.25, 0.3) is 0 Å². The molecule has 2 fully saturated rings. The summed E-state index contributed by atoms with van der Waals surface area (Å²) in [5, 5.41) is 12.3. The molecule has 2 aliphatic heterocycles. The topological polar surface area (TPSA) is 90.7 Å². The highest BCUT2D eigenvalue weighted by atomic mass is 19.1. The number of halogens is 2. The number of piperidine rings is 1. The highest BCUT2D eigenvalue weighted by Crippen LogP contribution is 2.38. The van der Waals surface area contributed by atoms with Gasteiger partial charge in [0, 0.05) is 61.8 Å². The minimum absolute atomic E-state index is 0.231. The molecule has 1 amide bonds. The van der Waals surface area contributed by atoms with Crippen LogP contribution in [0.5, 0.6) is 0 Å². The number of rotatable bonds is 7. The Bertz CT molecular complexity index is 1410. The summed E-state index contributed by atoms with van der Waals surface area (Å²) in [5.74, 6) is -3.21. The van der Waals surface area contributed by atoms with Crippen LogP contribution in [0.15, 0.2) is 54.9 Å². The van der Waals surface area contributed by atoms with Gasteiger partial charge in [-0.05, 0) is 56.9 Å². The number of carbonyl (C=O) groups excluding carboxylic acids is 1. The monoisotopic (exact) mass is 565 g/mol. The molecule has 1 aromatic heterocycles. The molecule has 5 rings (SSSR count). The van der Waals surface area contributed by atoms with E-state index in [4.69, 9.17) is 0 Å². The largest absolute Gasteiger partial charge is 0.481 e. The average Bonchev–Trinajstić information content (AvgIpc) is 3.56. The van der Waals surface area contributed by atoms with E-state index in [0.717, 1.165) is 17.3 Å². The Morgan fingerprint density at radius 3 is 2.49 bits per heavy atom.